The third-order valence-corrected chi connectivity index (χ3v) is 2.87. The van der Waals surface area contributed by atoms with E-state index >= 15 is 0 Å². The van der Waals surface area contributed by atoms with E-state index in [9.17, 15) is 9.59 Å². The smallest absolute Gasteiger partial charge is 0.408 e. The molecule has 0 aliphatic carbocycles. The monoisotopic (exact) mass is 292 g/mol. The second kappa shape index (κ2) is 7.11. The summed E-state index contributed by atoms with van der Waals surface area (Å²) in [7, 11) is 1.69. The first-order valence-electron chi connectivity index (χ1n) is 7.06. The lowest BCUT2D eigenvalue weighted by atomic mass is 10.2. The van der Waals surface area contributed by atoms with Crippen molar-refractivity contribution < 1.29 is 14.3 Å². The van der Waals surface area contributed by atoms with Gasteiger partial charge in [-0.25, -0.2) is 4.79 Å². The number of anilines is 1. The van der Waals surface area contributed by atoms with Gasteiger partial charge in [0, 0.05) is 12.7 Å². The van der Waals surface area contributed by atoms with Gasteiger partial charge in [-0.15, -0.1) is 0 Å². The normalized spacial score (nSPS) is 12.4. The zero-order chi connectivity index (χ0) is 16.0. The molecular formula is C16H24N2O3. The number of hydrogen-bond donors (Lipinski definition) is 1. The first-order chi connectivity index (χ1) is 9.74. The molecule has 1 rings (SSSR count). The van der Waals surface area contributed by atoms with Crippen molar-refractivity contribution in [2.45, 2.75) is 45.8 Å². The maximum Gasteiger partial charge on any atom is 0.408 e. The number of nitrogens with one attached hydrogen (secondary N) is 1. The molecule has 1 N–H and O–H groups in total. The van der Waals surface area contributed by atoms with Gasteiger partial charge in [0.25, 0.3) is 0 Å². The standard InChI is InChI=1S/C16H24N2O3/c1-6-13(17-15(20)21-16(2,3)4)14(19)18(5)12-10-8-7-9-11-12/h7-11,13H,6H2,1-5H3,(H,17,20). The molecule has 0 saturated carbocycles. The number of rotatable bonds is 4. The van der Waals surface area contributed by atoms with Crippen molar-refractivity contribution in [2.75, 3.05) is 11.9 Å². The molecule has 0 fully saturated rings. The van der Waals surface area contributed by atoms with Gasteiger partial charge < -0.3 is 15.0 Å². The van der Waals surface area contributed by atoms with E-state index in [4.69, 9.17) is 4.74 Å². The van der Waals surface area contributed by atoms with E-state index in [1.54, 1.807) is 27.8 Å². The molecule has 1 aromatic rings. The van der Waals surface area contributed by atoms with Crippen LogP contribution < -0.4 is 10.2 Å². The van der Waals surface area contributed by atoms with Crippen LogP contribution in [0, 0.1) is 0 Å². The maximum absolute atomic E-state index is 12.4. The summed E-state index contributed by atoms with van der Waals surface area (Å²) in [5.74, 6) is -0.172. The minimum Gasteiger partial charge on any atom is -0.444 e. The quantitative estimate of drug-likeness (QED) is 0.928. The van der Waals surface area contributed by atoms with Crippen LogP contribution in [0.25, 0.3) is 0 Å². The highest BCUT2D eigenvalue weighted by atomic mass is 16.6. The van der Waals surface area contributed by atoms with Gasteiger partial charge in [0.05, 0.1) is 0 Å². The Morgan fingerprint density at radius 2 is 1.81 bits per heavy atom. The van der Waals surface area contributed by atoms with E-state index in [1.165, 1.54) is 4.90 Å². The summed E-state index contributed by atoms with van der Waals surface area (Å²) >= 11 is 0. The second-order valence-corrected chi connectivity index (χ2v) is 5.84. The molecular weight excluding hydrogens is 268 g/mol. The van der Waals surface area contributed by atoms with Gasteiger partial charge >= 0.3 is 6.09 Å². The molecule has 5 heteroatoms. The average molecular weight is 292 g/mol. The fourth-order valence-electron chi connectivity index (χ4n) is 1.80. The Kier molecular flexibility index (Phi) is 5.76. The number of nitrogens with zero attached hydrogens (tertiary/aromatic N) is 1. The largest absolute Gasteiger partial charge is 0.444 e. The van der Waals surface area contributed by atoms with Gasteiger partial charge in [0.1, 0.15) is 11.6 Å². The van der Waals surface area contributed by atoms with Crippen molar-refractivity contribution >= 4 is 17.7 Å². The number of carbonyl (C=O) groups is 2. The van der Waals surface area contributed by atoms with E-state index < -0.39 is 17.7 Å². The summed E-state index contributed by atoms with van der Waals surface area (Å²) in [5, 5.41) is 2.62. The molecule has 21 heavy (non-hydrogen) atoms. The number of alkyl carbamates (subject to hydrolysis) is 1. The van der Waals surface area contributed by atoms with Gasteiger partial charge in [-0.05, 0) is 39.3 Å². The number of benzene rings is 1. The van der Waals surface area contributed by atoms with E-state index in [0.29, 0.717) is 6.42 Å². The number of likely N-dealkylation sites (N-methyl/N-ethyl adjacent to an activating group) is 1. The Balaban J connectivity index is 2.71. The van der Waals surface area contributed by atoms with Gasteiger partial charge in [-0.2, -0.15) is 0 Å². The van der Waals surface area contributed by atoms with Gasteiger partial charge in [0.15, 0.2) is 0 Å². The summed E-state index contributed by atoms with van der Waals surface area (Å²) in [4.78, 5) is 25.8. The number of hydrogen-bond acceptors (Lipinski definition) is 3. The maximum atomic E-state index is 12.4. The van der Waals surface area contributed by atoms with Crippen LogP contribution in [0.4, 0.5) is 10.5 Å². The van der Waals surface area contributed by atoms with Crippen LogP contribution in [0.1, 0.15) is 34.1 Å². The molecule has 0 aliphatic rings. The topological polar surface area (TPSA) is 58.6 Å². The highest BCUT2D eigenvalue weighted by molar-refractivity contribution is 5.98. The molecule has 116 valence electrons. The van der Waals surface area contributed by atoms with E-state index in [1.807, 2.05) is 37.3 Å². The van der Waals surface area contributed by atoms with Crippen LogP contribution in [0.15, 0.2) is 30.3 Å². The van der Waals surface area contributed by atoms with E-state index in [0.717, 1.165) is 5.69 Å². The second-order valence-electron chi connectivity index (χ2n) is 5.84. The molecule has 5 nitrogen and oxygen atoms in total. The fraction of sp³-hybridized carbons (Fsp3) is 0.500. The molecule has 0 aromatic heterocycles. The average Bonchev–Trinajstić information content (AvgIpc) is 2.42. The Bertz CT molecular complexity index is 480. The van der Waals surface area contributed by atoms with Crippen LogP contribution >= 0.6 is 0 Å². The highest BCUT2D eigenvalue weighted by Gasteiger charge is 2.25. The Hall–Kier alpha value is -2.04. The van der Waals surface area contributed by atoms with Crippen LogP contribution in [0.5, 0.6) is 0 Å². The van der Waals surface area contributed by atoms with E-state index in [2.05, 4.69) is 5.32 Å². The number of amides is 2. The molecule has 1 unspecified atom stereocenters. The van der Waals surface area contributed by atoms with Crippen molar-refractivity contribution in [3.8, 4) is 0 Å². The third kappa shape index (κ3) is 5.45. The first-order valence-corrected chi connectivity index (χ1v) is 7.06. The predicted octanol–water partition coefficient (Wildman–Crippen LogP) is 2.95. The Labute approximate surface area is 126 Å². The lowest BCUT2D eigenvalue weighted by Crippen LogP contribution is -2.48. The molecule has 0 spiro atoms. The van der Waals surface area contributed by atoms with Crippen LogP contribution in [-0.2, 0) is 9.53 Å². The minimum atomic E-state index is -0.606. The molecule has 0 bridgehead atoms. The van der Waals surface area contributed by atoms with Gasteiger partial charge in [-0.1, -0.05) is 25.1 Å². The SMILES string of the molecule is CCC(NC(=O)OC(C)(C)C)C(=O)N(C)c1ccccc1. The van der Waals surface area contributed by atoms with Crippen molar-refractivity contribution in [1.29, 1.82) is 0 Å². The number of para-hydroxylation sites is 1. The molecule has 1 atom stereocenters. The Morgan fingerprint density at radius 3 is 2.29 bits per heavy atom. The lowest BCUT2D eigenvalue weighted by Gasteiger charge is -2.26. The van der Waals surface area contributed by atoms with Crippen molar-refractivity contribution in [1.82, 2.24) is 5.32 Å². The highest BCUT2D eigenvalue weighted by Crippen LogP contribution is 2.13. The summed E-state index contributed by atoms with van der Waals surface area (Å²) in [6, 6.07) is 8.70. The summed E-state index contributed by atoms with van der Waals surface area (Å²) in [5.41, 5.74) is 0.198. The van der Waals surface area contributed by atoms with Crippen LogP contribution in [0.3, 0.4) is 0 Å². The van der Waals surface area contributed by atoms with Gasteiger partial charge in [0.2, 0.25) is 5.91 Å². The fourth-order valence-corrected chi connectivity index (χ4v) is 1.80. The number of ether oxygens (including phenoxy) is 1. The van der Waals surface area contributed by atoms with Crippen molar-refractivity contribution in [3.63, 3.8) is 0 Å². The predicted molar refractivity (Wildman–Crippen MR) is 83.3 cm³/mol. The third-order valence-electron chi connectivity index (χ3n) is 2.87. The van der Waals surface area contributed by atoms with Crippen LogP contribution in [0.2, 0.25) is 0 Å². The molecule has 0 saturated heterocycles. The zero-order valence-electron chi connectivity index (χ0n) is 13.3. The lowest BCUT2D eigenvalue weighted by molar-refractivity contribution is -0.120. The first kappa shape index (κ1) is 17.0. The Morgan fingerprint density at radius 1 is 1.24 bits per heavy atom. The molecule has 0 radical (unpaired) electrons. The molecule has 0 aliphatic heterocycles. The van der Waals surface area contributed by atoms with Crippen LogP contribution in [-0.4, -0.2) is 30.7 Å². The minimum absolute atomic E-state index is 0.172. The molecule has 2 amide bonds. The molecule has 1 aromatic carbocycles. The van der Waals surface area contributed by atoms with Crippen molar-refractivity contribution in [3.05, 3.63) is 30.3 Å². The summed E-state index contributed by atoms with van der Waals surface area (Å²) < 4.78 is 5.18. The number of carbonyl (C=O) groups excluding carboxylic acids is 2. The van der Waals surface area contributed by atoms with Crippen molar-refractivity contribution in [2.24, 2.45) is 0 Å². The molecule has 0 heterocycles. The van der Waals surface area contributed by atoms with Gasteiger partial charge in [-0.3, -0.25) is 4.79 Å². The zero-order valence-corrected chi connectivity index (χ0v) is 13.3. The summed E-state index contributed by atoms with van der Waals surface area (Å²) in [6.45, 7) is 7.20. The van der Waals surface area contributed by atoms with E-state index in [-0.39, 0.29) is 5.91 Å². The summed E-state index contributed by atoms with van der Waals surface area (Å²) in [6.07, 6.45) is -0.0842.